The number of hydrogen-bond acceptors (Lipinski definition) is 5. The van der Waals surface area contributed by atoms with E-state index in [0.717, 1.165) is 17.1 Å². The number of pyridine rings is 1. The molecular weight excluding hydrogens is 242 g/mol. The normalized spacial score (nSPS) is 11.1. The summed E-state index contributed by atoms with van der Waals surface area (Å²) in [6, 6.07) is 3.81. The Labute approximate surface area is 112 Å². The van der Waals surface area contributed by atoms with Crippen LogP contribution < -0.4 is 5.73 Å². The molecule has 0 aliphatic rings. The van der Waals surface area contributed by atoms with Crippen molar-refractivity contribution in [1.82, 2.24) is 19.9 Å². The molecule has 0 saturated heterocycles. The predicted octanol–water partition coefficient (Wildman–Crippen LogP) is 0.690. The smallest absolute Gasteiger partial charge is 0.127 e. The lowest BCUT2D eigenvalue weighted by atomic mass is 10.2. The lowest BCUT2D eigenvalue weighted by Crippen LogP contribution is -2.26. The minimum absolute atomic E-state index is 0.104. The van der Waals surface area contributed by atoms with Crippen molar-refractivity contribution in [3.63, 3.8) is 0 Å². The number of hydrogen-bond donors (Lipinski definition) is 3. The van der Waals surface area contributed by atoms with E-state index < -0.39 is 0 Å². The molecule has 6 nitrogen and oxygen atoms in total. The van der Waals surface area contributed by atoms with Crippen LogP contribution in [0.3, 0.4) is 0 Å². The number of nitrogens with two attached hydrogens (primary N) is 1. The largest absolute Gasteiger partial charge is 0.395 e. The Hall–Kier alpha value is -1.92. The van der Waals surface area contributed by atoms with Crippen molar-refractivity contribution in [3.8, 4) is 0 Å². The number of aromatic nitrogens is 3. The molecule has 0 atom stereocenters. The van der Waals surface area contributed by atoms with E-state index in [2.05, 4.69) is 19.9 Å². The quantitative estimate of drug-likeness (QED) is 0.711. The van der Waals surface area contributed by atoms with Crippen molar-refractivity contribution in [3.05, 3.63) is 41.6 Å². The van der Waals surface area contributed by atoms with E-state index in [0.29, 0.717) is 25.5 Å². The predicted molar refractivity (Wildman–Crippen MR) is 73.2 cm³/mol. The molecule has 0 aromatic carbocycles. The Morgan fingerprint density at radius 1 is 1.37 bits per heavy atom. The van der Waals surface area contributed by atoms with Gasteiger partial charge in [0, 0.05) is 43.3 Å². The van der Waals surface area contributed by atoms with Gasteiger partial charge in [0.2, 0.25) is 0 Å². The van der Waals surface area contributed by atoms with Gasteiger partial charge >= 0.3 is 0 Å². The number of nitrogen functional groups attached to an aromatic ring is 1. The molecule has 19 heavy (non-hydrogen) atoms. The second-order valence-corrected chi connectivity index (χ2v) is 4.48. The number of aliphatic hydroxyl groups is 1. The molecule has 0 saturated carbocycles. The van der Waals surface area contributed by atoms with Crippen molar-refractivity contribution in [2.75, 3.05) is 18.9 Å². The Balaban J connectivity index is 2.06. The van der Waals surface area contributed by atoms with Gasteiger partial charge in [-0.15, -0.1) is 0 Å². The van der Waals surface area contributed by atoms with Crippen molar-refractivity contribution in [2.24, 2.45) is 0 Å². The molecule has 0 aliphatic carbocycles. The Bertz CT molecular complexity index is 525. The molecule has 102 valence electrons. The van der Waals surface area contributed by atoms with E-state index in [1.54, 1.807) is 6.20 Å². The highest BCUT2D eigenvalue weighted by molar-refractivity contribution is 5.38. The molecule has 0 unspecified atom stereocenters. The first-order valence-corrected chi connectivity index (χ1v) is 6.22. The summed E-state index contributed by atoms with van der Waals surface area (Å²) in [5, 5.41) is 9.15. The van der Waals surface area contributed by atoms with Crippen LogP contribution in [0.5, 0.6) is 0 Å². The third-order valence-electron chi connectivity index (χ3n) is 2.89. The van der Waals surface area contributed by atoms with Crippen molar-refractivity contribution in [2.45, 2.75) is 20.0 Å². The highest BCUT2D eigenvalue weighted by Crippen LogP contribution is 2.12. The van der Waals surface area contributed by atoms with Crippen LogP contribution in [0, 0.1) is 6.92 Å². The average molecular weight is 261 g/mol. The van der Waals surface area contributed by atoms with Crippen molar-refractivity contribution < 1.29 is 5.11 Å². The SMILES string of the molecule is Cc1ncc(CN(CCO)Cc2cccnc2N)[nH]1. The van der Waals surface area contributed by atoms with Crippen LogP contribution in [0.15, 0.2) is 24.5 Å². The maximum Gasteiger partial charge on any atom is 0.127 e. The van der Waals surface area contributed by atoms with Gasteiger partial charge in [0.25, 0.3) is 0 Å². The zero-order valence-electron chi connectivity index (χ0n) is 11.0. The fourth-order valence-corrected chi connectivity index (χ4v) is 1.97. The number of aliphatic hydroxyl groups excluding tert-OH is 1. The maximum atomic E-state index is 9.15. The van der Waals surface area contributed by atoms with Crippen molar-refractivity contribution in [1.29, 1.82) is 0 Å². The molecule has 4 N–H and O–H groups in total. The van der Waals surface area contributed by atoms with Crippen molar-refractivity contribution >= 4 is 5.82 Å². The van der Waals surface area contributed by atoms with Gasteiger partial charge in [-0.2, -0.15) is 0 Å². The minimum atomic E-state index is 0.104. The number of nitrogens with one attached hydrogen (secondary N) is 1. The van der Waals surface area contributed by atoms with E-state index in [9.17, 15) is 0 Å². The van der Waals surface area contributed by atoms with Gasteiger partial charge in [-0.25, -0.2) is 9.97 Å². The van der Waals surface area contributed by atoms with Gasteiger partial charge in [-0.05, 0) is 13.0 Å². The minimum Gasteiger partial charge on any atom is -0.395 e. The molecule has 0 radical (unpaired) electrons. The summed E-state index contributed by atoms with van der Waals surface area (Å²) < 4.78 is 0. The number of imidazole rings is 1. The Morgan fingerprint density at radius 2 is 2.21 bits per heavy atom. The Morgan fingerprint density at radius 3 is 2.84 bits per heavy atom. The van der Waals surface area contributed by atoms with E-state index in [-0.39, 0.29) is 6.61 Å². The summed E-state index contributed by atoms with van der Waals surface area (Å²) in [6.07, 6.45) is 3.49. The summed E-state index contributed by atoms with van der Waals surface area (Å²) >= 11 is 0. The van der Waals surface area contributed by atoms with Crippen LogP contribution in [-0.4, -0.2) is 38.1 Å². The molecule has 0 bridgehead atoms. The molecule has 0 amide bonds. The molecule has 0 fully saturated rings. The highest BCUT2D eigenvalue weighted by Gasteiger charge is 2.10. The number of aromatic amines is 1. The van der Waals surface area contributed by atoms with Gasteiger partial charge in [0.05, 0.1) is 6.61 Å². The summed E-state index contributed by atoms with van der Waals surface area (Å²) in [5.41, 5.74) is 7.83. The van der Waals surface area contributed by atoms with Gasteiger partial charge in [-0.3, -0.25) is 4.90 Å². The first-order valence-electron chi connectivity index (χ1n) is 6.22. The zero-order valence-corrected chi connectivity index (χ0v) is 11.0. The lowest BCUT2D eigenvalue weighted by Gasteiger charge is -2.21. The van der Waals surface area contributed by atoms with Gasteiger partial charge in [0.1, 0.15) is 11.6 Å². The third kappa shape index (κ3) is 3.77. The molecule has 0 aliphatic heterocycles. The molecule has 2 aromatic rings. The summed E-state index contributed by atoms with van der Waals surface area (Å²) in [4.78, 5) is 13.5. The maximum absolute atomic E-state index is 9.15. The number of rotatable bonds is 6. The second kappa shape index (κ2) is 6.31. The number of aryl methyl sites for hydroxylation is 1. The first-order chi connectivity index (χ1) is 9.19. The van der Waals surface area contributed by atoms with Gasteiger partial charge in [-0.1, -0.05) is 6.07 Å². The van der Waals surface area contributed by atoms with Crippen LogP contribution in [0.1, 0.15) is 17.1 Å². The van der Waals surface area contributed by atoms with Crippen LogP contribution in [0.25, 0.3) is 0 Å². The molecule has 0 spiro atoms. The van der Waals surface area contributed by atoms with E-state index in [4.69, 9.17) is 10.8 Å². The standard InChI is InChI=1S/C13H19N5O/c1-10-16-7-12(17-10)9-18(5-6-19)8-11-3-2-4-15-13(11)14/h2-4,7,19H,5-6,8-9H2,1H3,(H2,14,15)(H,16,17). The summed E-state index contributed by atoms with van der Waals surface area (Å²) in [7, 11) is 0. The fourth-order valence-electron chi connectivity index (χ4n) is 1.97. The molecule has 2 heterocycles. The highest BCUT2D eigenvalue weighted by atomic mass is 16.3. The first kappa shape index (κ1) is 13.5. The number of anilines is 1. The molecule has 2 aromatic heterocycles. The van der Waals surface area contributed by atoms with Crippen LogP contribution in [-0.2, 0) is 13.1 Å². The molecular formula is C13H19N5O. The third-order valence-corrected chi connectivity index (χ3v) is 2.89. The van der Waals surface area contributed by atoms with E-state index >= 15 is 0 Å². The van der Waals surface area contributed by atoms with E-state index in [1.165, 1.54) is 0 Å². The Kier molecular flexibility index (Phi) is 4.48. The number of nitrogens with zero attached hydrogens (tertiary/aromatic N) is 3. The summed E-state index contributed by atoms with van der Waals surface area (Å²) in [6.45, 7) is 3.94. The fraction of sp³-hybridized carbons (Fsp3) is 0.385. The average Bonchev–Trinajstić information content (AvgIpc) is 2.78. The van der Waals surface area contributed by atoms with Gasteiger partial charge < -0.3 is 15.8 Å². The van der Waals surface area contributed by atoms with Crippen LogP contribution in [0.2, 0.25) is 0 Å². The monoisotopic (exact) mass is 261 g/mol. The second-order valence-electron chi connectivity index (χ2n) is 4.48. The van der Waals surface area contributed by atoms with E-state index in [1.807, 2.05) is 25.3 Å². The molecule has 6 heteroatoms. The lowest BCUT2D eigenvalue weighted by molar-refractivity contribution is 0.183. The topological polar surface area (TPSA) is 91.1 Å². The zero-order chi connectivity index (χ0) is 13.7. The number of H-pyrrole nitrogens is 1. The summed E-state index contributed by atoms with van der Waals surface area (Å²) in [5.74, 6) is 1.42. The molecule has 2 rings (SSSR count). The van der Waals surface area contributed by atoms with Crippen LogP contribution >= 0.6 is 0 Å². The van der Waals surface area contributed by atoms with Crippen LogP contribution in [0.4, 0.5) is 5.82 Å². The van der Waals surface area contributed by atoms with Gasteiger partial charge in [0.15, 0.2) is 0 Å².